The van der Waals surface area contributed by atoms with Gasteiger partial charge in [0.05, 0.1) is 22.5 Å². The number of nitriles is 1. The highest BCUT2D eigenvalue weighted by Gasteiger charge is 2.31. The number of benzene rings is 2. The Kier molecular flexibility index (Phi) is 4.43. The quantitative estimate of drug-likeness (QED) is 0.807. The number of rotatable bonds is 3. The molecule has 0 fully saturated rings. The Balaban J connectivity index is 2.39. The molecule has 0 amide bonds. The van der Waals surface area contributed by atoms with E-state index in [-0.39, 0.29) is 5.56 Å². The molecule has 0 saturated carbocycles. The first kappa shape index (κ1) is 15.3. The summed E-state index contributed by atoms with van der Waals surface area (Å²) in [5.41, 5.74) is 0.233. The Morgan fingerprint density at radius 1 is 1.10 bits per heavy atom. The van der Waals surface area contributed by atoms with E-state index in [1.54, 1.807) is 6.07 Å². The van der Waals surface area contributed by atoms with E-state index in [0.29, 0.717) is 5.69 Å². The van der Waals surface area contributed by atoms with Crippen LogP contribution in [0, 0.1) is 11.3 Å². The molecule has 2 aromatic rings. The van der Waals surface area contributed by atoms with E-state index in [1.165, 1.54) is 17.8 Å². The SMILES string of the molecule is CSc1ccccc1Nc1ccc(C(F)(F)F)cc1C#N. The monoisotopic (exact) mass is 308 g/mol. The van der Waals surface area contributed by atoms with E-state index < -0.39 is 11.7 Å². The maximum atomic E-state index is 12.6. The molecule has 2 aromatic carbocycles. The molecule has 0 aliphatic heterocycles. The molecule has 1 N–H and O–H groups in total. The molecule has 0 spiro atoms. The van der Waals surface area contributed by atoms with Gasteiger partial charge in [-0.15, -0.1) is 11.8 Å². The second kappa shape index (κ2) is 6.10. The van der Waals surface area contributed by atoms with Gasteiger partial charge in [0.15, 0.2) is 0 Å². The third-order valence-corrected chi connectivity index (χ3v) is 3.64. The number of hydrogen-bond donors (Lipinski definition) is 1. The molecule has 108 valence electrons. The number of halogens is 3. The molecule has 2 nitrogen and oxygen atoms in total. The molecule has 2 rings (SSSR count). The molecular weight excluding hydrogens is 297 g/mol. The minimum atomic E-state index is -4.46. The van der Waals surface area contributed by atoms with Gasteiger partial charge in [-0.1, -0.05) is 12.1 Å². The van der Waals surface area contributed by atoms with Gasteiger partial charge in [0.2, 0.25) is 0 Å². The molecule has 0 bridgehead atoms. The van der Waals surface area contributed by atoms with Crippen LogP contribution in [-0.4, -0.2) is 6.26 Å². The minimum absolute atomic E-state index is 0.0410. The first-order valence-electron chi connectivity index (χ1n) is 5.97. The first-order valence-corrected chi connectivity index (χ1v) is 7.19. The summed E-state index contributed by atoms with van der Waals surface area (Å²) in [5, 5.41) is 12.1. The summed E-state index contributed by atoms with van der Waals surface area (Å²) in [6, 6.07) is 12.3. The molecule has 0 radical (unpaired) electrons. The summed E-state index contributed by atoms with van der Waals surface area (Å²) < 4.78 is 37.9. The van der Waals surface area contributed by atoms with Crippen LogP contribution in [0.4, 0.5) is 24.5 Å². The van der Waals surface area contributed by atoms with Crippen molar-refractivity contribution in [3.8, 4) is 6.07 Å². The van der Waals surface area contributed by atoms with Crippen LogP contribution in [0.15, 0.2) is 47.4 Å². The third-order valence-electron chi connectivity index (χ3n) is 2.84. The van der Waals surface area contributed by atoms with Crippen molar-refractivity contribution in [3.05, 3.63) is 53.6 Å². The van der Waals surface area contributed by atoms with Gasteiger partial charge in [0, 0.05) is 4.90 Å². The highest BCUT2D eigenvalue weighted by molar-refractivity contribution is 7.98. The smallest absolute Gasteiger partial charge is 0.354 e. The van der Waals surface area contributed by atoms with Crippen molar-refractivity contribution in [2.45, 2.75) is 11.1 Å². The second-order valence-electron chi connectivity index (χ2n) is 4.20. The molecular formula is C15H11F3N2S. The van der Waals surface area contributed by atoms with Crippen LogP contribution >= 0.6 is 11.8 Å². The predicted molar refractivity (Wildman–Crippen MR) is 77.7 cm³/mol. The lowest BCUT2D eigenvalue weighted by atomic mass is 10.1. The van der Waals surface area contributed by atoms with Crippen LogP contribution in [0.2, 0.25) is 0 Å². The van der Waals surface area contributed by atoms with Gasteiger partial charge in [-0.05, 0) is 36.6 Å². The van der Waals surface area contributed by atoms with Gasteiger partial charge in [-0.2, -0.15) is 18.4 Å². The average Bonchev–Trinajstić information content (AvgIpc) is 2.47. The van der Waals surface area contributed by atoms with Gasteiger partial charge in [-0.25, -0.2) is 0 Å². The number of anilines is 2. The van der Waals surface area contributed by atoms with Crippen molar-refractivity contribution in [1.82, 2.24) is 0 Å². The van der Waals surface area contributed by atoms with Crippen molar-refractivity contribution < 1.29 is 13.2 Å². The summed E-state index contributed by atoms with van der Waals surface area (Å²) in [5.74, 6) is 0. The van der Waals surface area contributed by atoms with E-state index in [4.69, 9.17) is 5.26 Å². The predicted octanol–water partition coefficient (Wildman–Crippen LogP) is 5.04. The van der Waals surface area contributed by atoms with Crippen molar-refractivity contribution in [2.24, 2.45) is 0 Å². The summed E-state index contributed by atoms with van der Waals surface area (Å²) >= 11 is 1.51. The molecule has 0 atom stereocenters. The maximum Gasteiger partial charge on any atom is 0.416 e. The molecule has 0 heterocycles. The number of para-hydroxylation sites is 1. The lowest BCUT2D eigenvalue weighted by molar-refractivity contribution is -0.137. The Morgan fingerprint density at radius 2 is 1.81 bits per heavy atom. The van der Waals surface area contributed by atoms with Crippen molar-refractivity contribution in [1.29, 1.82) is 5.26 Å². The fourth-order valence-corrected chi connectivity index (χ4v) is 2.37. The Morgan fingerprint density at radius 3 is 2.43 bits per heavy atom. The minimum Gasteiger partial charge on any atom is -0.354 e. The van der Waals surface area contributed by atoms with Crippen LogP contribution < -0.4 is 5.32 Å². The summed E-state index contributed by atoms with van der Waals surface area (Å²) in [7, 11) is 0. The topological polar surface area (TPSA) is 35.8 Å². The zero-order valence-corrected chi connectivity index (χ0v) is 11.8. The van der Waals surface area contributed by atoms with Crippen LogP contribution in [0.25, 0.3) is 0 Å². The lowest BCUT2D eigenvalue weighted by Gasteiger charge is -2.13. The largest absolute Gasteiger partial charge is 0.416 e. The van der Waals surface area contributed by atoms with Crippen molar-refractivity contribution >= 4 is 23.1 Å². The zero-order valence-electron chi connectivity index (χ0n) is 11.0. The summed E-state index contributed by atoms with van der Waals surface area (Å²) in [6.07, 6.45) is -2.56. The van der Waals surface area contributed by atoms with Crippen LogP contribution in [-0.2, 0) is 6.18 Å². The molecule has 0 aliphatic rings. The molecule has 21 heavy (non-hydrogen) atoms. The van der Waals surface area contributed by atoms with E-state index >= 15 is 0 Å². The van der Waals surface area contributed by atoms with E-state index in [9.17, 15) is 13.2 Å². The molecule has 6 heteroatoms. The van der Waals surface area contributed by atoms with E-state index in [2.05, 4.69) is 5.32 Å². The van der Waals surface area contributed by atoms with Gasteiger partial charge in [0.25, 0.3) is 0 Å². The normalized spacial score (nSPS) is 11.0. The zero-order chi connectivity index (χ0) is 15.5. The number of thioether (sulfide) groups is 1. The van der Waals surface area contributed by atoms with E-state index in [1.807, 2.05) is 30.5 Å². The van der Waals surface area contributed by atoms with Gasteiger partial charge >= 0.3 is 6.18 Å². The van der Waals surface area contributed by atoms with Crippen molar-refractivity contribution in [2.75, 3.05) is 11.6 Å². The fraction of sp³-hybridized carbons (Fsp3) is 0.133. The summed E-state index contributed by atoms with van der Waals surface area (Å²) in [6.45, 7) is 0. The standard InChI is InChI=1S/C15H11F3N2S/c1-21-14-5-3-2-4-13(14)20-12-7-6-11(15(16,17)18)8-10(12)9-19/h2-8,20H,1H3. The fourth-order valence-electron chi connectivity index (χ4n) is 1.82. The summed E-state index contributed by atoms with van der Waals surface area (Å²) in [4.78, 5) is 0.946. The Bertz CT molecular complexity index is 690. The maximum absolute atomic E-state index is 12.6. The first-order chi connectivity index (χ1) is 9.95. The Hall–Kier alpha value is -2.13. The molecule has 0 unspecified atom stereocenters. The van der Waals surface area contributed by atoms with Gasteiger partial charge < -0.3 is 5.32 Å². The van der Waals surface area contributed by atoms with Crippen LogP contribution in [0.1, 0.15) is 11.1 Å². The number of nitrogens with one attached hydrogen (secondary N) is 1. The van der Waals surface area contributed by atoms with Gasteiger partial charge in [0.1, 0.15) is 6.07 Å². The molecule has 0 aliphatic carbocycles. The van der Waals surface area contributed by atoms with E-state index in [0.717, 1.165) is 22.7 Å². The van der Waals surface area contributed by atoms with Gasteiger partial charge in [-0.3, -0.25) is 0 Å². The molecule has 0 aromatic heterocycles. The average molecular weight is 308 g/mol. The van der Waals surface area contributed by atoms with Crippen LogP contribution in [0.5, 0.6) is 0 Å². The van der Waals surface area contributed by atoms with Crippen molar-refractivity contribution in [3.63, 3.8) is 0 Å². The number of alkyl halides is 3. The highest BCUT2D eigenvalue weighted by atomic mass is 32.2. The molecule has 0 saturated heterocycles. The van der Waals surface area contributed by atoms with Crippen LogP contribution in [0.3, 0.4) is 0 Å². The number of nitrogens with zero attached hydrogens (tertiary/aromatic N) is 1. The number of hydrogen-bond acceptors (Lipinski definition) is 3. The second-order valence-corrected chi connectivity index (χ2v) is 5.04. The highest BCUT2D eigenvalue weighted by Crippen LogP contribution is 2.34. The lowest BCUT2D eigenvalue weighted by Crippen LogP contribution is -2.06. The third kappa shape index (κ3) is 3.50. The Labute approximate surface area is 124 Å².